The summed E-state index contributed by atoms with van der Waals surface area (Å²) in [7, 11) is 1.78. The van der Waals surface area contributed by atoms with Crippen LogP contribution in [-0.4, -0.2) is 45.9 Å². The molecule has 2 saturated heterocycles. The summed E-state index contributed by atoms with van der Waals surface area (Å²) in [4.78, 5) is 4.30. The summed E-state index contributed by atoms with van der Waals surface area (Å²) in [5.74, 6) is 1.65. The fourth-order valence-corrected chi connectivity index (χ4v) is 3.33. The summed E-state index contributed by atoms with van der Waals surface area (Å²) in [6.07, 6.45) is 6.14. The quantitative estimate of drug-likeness (QED) is 0.439. The molecule has 0 spiro atoms. The highest BCUT2D eigenvalue weighted by molar-refractivity contribution is 14.0. The summed E-state index contributed by atoms with van der Waals surface area (Å²) >= 11 is 0. The predicted octanol–water partition coefficient (Wildman–Crippen LogP) is 1.33. The van der Waals surface area contributed by atoms with Crippen molar-refractivity contribution in [2.24, 2.45) is 4.99 Å². The molecule has 2 N–H and O–H groups in total. The van der Waals surface area contributed by atoms with Gasteiger partial charge in [-0.3, -0.25) is 9.39 Å². The van der Waals surface area contributed by atoms with Crippen molar-refractivity contribution in [1.29, 1.82) is 0 Å². The summed E-state index contributed by atoms with van der Waals surface area (Å²) < 4.78 is 7.84. The van der Waals surface area contributed by atoms with Crippen molar-refractivity contribution in [2.75, 3.05) is 7.05 Å². The number of rotatable bonds is 3. The first-order valence-corrected chi connectivity index (χ1v) is 7.75. The summed E-state index contributed by atoms with van der Waals surface area (Å²) in [5.41, 5.74) is 0.851. The zero-order valence-electron chi connectivity index (χ0n) is 13.0. The molecule has 0 saturated carbocycles. The highest BCUT2D eigenvalue weighted by Crippen LogP contribution is 2.34. The zero-order valence-corrected chi connectivity index (χ0v) is 15.3. The minimum atomic E-state index is 0. The Morgan fingerprint density at radius 3 is 3.04 bits per heavy atom. The van der Waals surface area contributed by atoms with Crippen LogP contribution in [-0.2, 0) is 11.3 Å². The summed E-state index contributed by atoms with van der Waals surface area (Å²) in [6.45, 7) is 0.576. The van der Waals surface area contributed by atoms with E-state index in [1.54, 1.807) is 7.05 Å². The minimum Gasteiger partial charge on any atom is -0.373 e. The number of nitrogens with one attached hydrogen (secondary N) is 2. The Kier molecular flexibility index (Phi) is 5.00. The highest BCUT2D eigenvalue weighted by atomic mass is 127. The molecule has 3 atom stereocenters. The number of hydrogen-bond acceptors (Lipinski definition) is 4. The number of aromatic nitrogens is 3. The number of pyridine rings is 1. The molecule has 8 heteroatoms. The fraction of sp³-hybridized carbons (Fsp3) is 0.533. The van der Waals surface area contributed by atoms with E-state index in [0.717, 1.165) is 30.3 Å². The lowest BCUT2D eigenvalue weighted by Crippen LogP contribution is -2.47. The van der Waals surface area contributed by atoms with Crippen molar-refractivity contribution in [1.82, 2.24) is 25.2 Å². The maximum Gasteiger partial charge on any atom is 0.191 e. The van der Waals surface area contributed by atoms with Crippen LogP contribution < -0.4 is 10.6 Å². The number of fused-ring (bicyclic) bond motifs is 3. The van der Waals surface area contributed by atoms with Gasteiger partial charge in [0.1, 0.15) is 0 Å². The molecule has 4 rings (SSSR count). The number of nitrogens with zero attached hydrogens (tertiary/aromatic N) is 4. The first kappa shape index (κ1) is 16.4. The first-order chi connectivity index (χ1) is 10.8. The number of halogens is 1. The third-order valence-electron chi connectivity index (χ3n) is 4.45. The largest absolute Gasteiger partial charge is 0.373 e. The van der Waals surface area contributed by atoms with Crippen LogP contribution in [0.5, 0.6) is 0 Å². The Bertz CT molecular complexity index is 702. The lowest BCUT2D eigenvalue weighted by atomic mass is 9.96. The number of ether oxygens (including phenoxy) is 1. The molecule has 0 aliphatic carbocycles. The summed E-state index contributed by atoms with van der Waals surface area (Å²) in [5, 5.41) is 15.1. The number of hydrogen-bond donors (Lipinski definition) is 2. The Balaban J connectivity index is 0.00000156. The van der Waals surface area contributed by atoms with Gasteiger partial charge >= 0.3 is 0 Å². The van der Waals surface area contributed by atoms with E-state index < -0.39 is 0 Å². The van der Waals surface area contributed by atoms with E-state index >= 15 is 0 Å². The highest BCUT2D eigenvalue weighted by Gasteiger charge is 2.41. The van der Waals surface area contributed by atoms with Gasteiger partial charge in [-0.2, -0.15) is 0 Å². The lowest BCUT2D eigenvalue weighted by Gasteiger charge is -2.22. The maximum absolute atomic E-state index is 5.87. The first-order valence-electron chi connectivity index (χ1n) is 7.75. The van der Waals surface area contributed by atoms with Gasteiger partial charge in [-0.1, -0.05) is 6.07 Å². The van der Waals surface area contributed by atoms with Gasteiger partial charge in [0.25, 0.3) is 0 Å². The van der Waals surface area contributed by atoms with Crippen LogP contribution in [0.3, 0.4) is 0 Å². The molecule has 2 bridgehead atoms. The predicted molar refractivity (Wildman–Crippen MR) is 98.0 cm³/mol. The molecule has 2 aromatic heterocycles. The van der Waals surface area contributed by atoms with Crippen LogP contribution in [0.15, 0.2) is 29.4 Å². The third kappa shape index (κ3) is 3.27. The van der Waals surface area contributed by atoms with E-state index in [9.17, 15) is 0 Å². The number of aliphatic imine (C=N–C) groups is 1. The fourth-order valence-electron chi connectivity index (χ4n) is 3.33. The SMILES string of the molecule is CN=C(NCc1nnc2ccccn12)NC1CC2CCC1O2.I. The smallest absolute Gasteiger partial charge is 0.191 e. The minimum absolute atomic E-state index is 0. The second-order valence-corrected chi connectivity index (χ2v) is 5.83. The Hall–Kier alpha value is -1.42. The van der Waals surface area contributed by atoms with Gasteiger partial charge in [0.2, 0.25) is 0 Å². The maximum atomic E-state index is 5.87. The van der Waals surface area contributed by atoms with Crippen LogP contribution in [0.4, 0.5) is 0 Å². The van der Waals surface area contributed by atoms with Gasteiger partial charge in [0.15, 0.2) is 17.4 Å². The second-order valence-electron chi connectivity index (χ2n) is 5.83. The number of guanidine groups is 1. The Morgan fingerprint density at radius 1 is 1.39 bits per heavy atom. The molecule has 3 unspecified atom stereocenters. The molecule has 124 valence electrons. The molecule has 7 nitrogen and oxygen atoms in total. The molecule has 2 fully saturated rings. The van der Waals surface area contributed by atoms with Crippen molar-refractivity contribution in [2.45, 2.75) is 44.1 Å². The monoisotopic (exact) mass is 428 g/mol. The lowest BCUT2D eigenvalue weighted by molar-refractivity contribution is 0.0992. The van der Waals surface area contributed by atoms with E-state index in [1.807, 2.05) is 28.8 Å². The molecule has 0 amide bonds. The van der Waals surface area contributed by atoms with Crippen LogP contribution >= 0.6 is 24.0 Å². The van der Waals surface area contributed by atoms with Crippen LogP contribution in [0.1, 0.15) is 25.1 Å². The van der Waals surface area contributed by atoms with E-state index in [4.69, 9.17) is 4.74 Å². The third-order valence-corrected chi connectivity index (χ3v) is 4.45. The van der Waals surface area contributed by atoms with E-state index in [-0.39, 0.29) is 24.0 Å². The normalized spacial score (nSPS) is 26.3. The van der Waals surface area contributed by atoms with Crippen molar-refractivity contribution in [3.05, 3.63) is 30.2 Å². The van der Waals surface area contributed by atoms with Gasteiger partial charge in [-0.05, 0) is 31.4 Å². The molecule has 23 heavy (non-hydrogen) atoms. The second kappa shape index (κ2) is 7.00. The van der Waals surface area contributed by atoms with Gasteiger partial charge in [0.05, 0.1) is 24.8 Å². The van der Waals surface area contributed by atoms with Crippen molar-refractivity contribution < 1.29 is 4.74 Å². The van der Waals surface area contributed by atoms with Crippen molar-refractivity contribution in [3.8, 4) is 0 Å². The zero-order chi connectivity index (χ0) is 14.9. The van der Waals surface area contributed by atoms with Crippen molar-refractivity contribution in [3.63, 3.8) is 0 Å². The van der Waals surface area contributed by atoms with E-state index in [1.165, 1.54) is 6.42 Å². The van der Waals surface area contributed by atoms with Gasteiger partial charge < -0.3 is 15.4 Å². The van der Waals surface area contributed by atoms with E-state index in [0.29, 0.717) is 24.8 Å². The molecular weight excluding hydrogens is 407 g/mol. The molecular formula is C15H21IN6O. The van der Waals surface area contributed by atoms with E-state index in [2.05, 4.69) is 25.8 Å². The molecule has 0 aromatic carbocycles. The molecule has 2 aromatic rings. The summed E-state index contributed by atoms with van der Waals surface area (Å²) in [6, 6.07) is 6.23. The Morgan fingerprint density at radius 2 is 2.30 bits per heavy atom. The average Bonchev–Trinajstić information content (AvgIpc) is 3.26. The van der Waals surface area contributed by atoms with Crippen molar-refractivity contribution >= 4 is 35.6 Å². The molecule has 0 radical (unpaired) electrons. The topological polar surface area (TPSA) is 75.8 Å². The van der Waals surface area contributed by atoms with Gasteiger partial charge in [-0.25, -0.2) is 0 Å². The van der Waals surface area contributed by atoms with Crippen LogP contribution in [0.25, 0.3) is 5.65 Å². The van der Waals surface area contributed by atoms with Crippen LogP contribution in [0.2, 0.25) is 0 Å². The van der Waals surface area contributed by atoms with Crippen LogP contribution in [0, 0.1) is 0 Å². The van der Waals surface area contributed by atoms with Gasteiger partial charge in [-0.15, -0.1) is 34.2 Å². The molecule has 2 aliphatic heterocycles. The molecule has 2 aliphatic rings. The van der Waals surface area contributed by atoms with Gasteiger partial charge in [0, 0.05) is 13.2 Å². The average molecular weight is 428 g/mol. The standard InChI is InChI=1S/C15H20N6O.HI/c1-16-15(18-11-8-10-5-6-12(11)22-10)17-9-14-20-19-13-4-2-3-7-21(13)14;/h2-4,7,10-12H,5-6,8-9H2,1H3,(H2,16,17,18);1H. The molecule has 4 heterocycles. The Labute approximate surface area is 151 Å².